The van der Waals surface area contributed by atoms with Gasteiger partial charge >= 0.3 is 0 Å². The van der Waals surface area contributed by atoms with E-state index in [1.54, 1.807) is 0 Å². The summed E-state index contributed by atoms with van der Waals surface area (Å²) in [5.74, 6) is 3.72. The van der Waals surface area contributed by atoms with Crippen molar-refractivity contribution in [3.05, 3.63) is 229 Å². The van der Waals surface area contributed by atoms with Crippen LogP contribution in [0.25, 0.3) is 90.6 Å². The second kappa shape index (κ2) is 14.0. The zero-order chi connectivity index (χ0) is 40.3. The fourth-order valence-corrected chi connectivity index (χ4v) is 9.30. The summed E-state index contributed by atoms with van der Waals surface area (Å²) in [5, 5.41) is 0. The lowest BCUT2D eigenvalue weighted by Gasteiger charge is -2.30. The predicted octanol–water partition coefficient (Wildman–Crippen LogP) is 12.4. The summed E-state index contributed by atoms with van der Waals surface area (Å²) in [7, 11) is 0. The van der Waals surface area contributed by atoms with Crippen LogP contribution in [0, 0.1) is 0 Å². The number of benzene rings is 8. The molecule has 0 atom stereocenters. The molecular weight excluding hydrogens is 745 g/mol. The lowest BCUT2D eigenvalue weighted by atomic mass is 9.70. The van der Waals surface area contributed by atoms with Crippen molar-refractivity contribution >= 4 is 0 Å². The van der Waals surface area contributed by atoms with E-state index in [1.165, 1.54) is 33.4 Å². The highest BCUT2D eigenvalue weighted by molar-refractivity contribution is 5.97. The minimum atomic E-state index is -0.540. The molecule has 0 aliphatic heterocycles. The second-order valence-electron chi connectivity index (χ2n) is 15.4. The molecular formula is C55H34N6. The van der Waals surface area contributed by atoms with Gasteiger partial charge in [-0.2, -0.15) is 0 Å². The summed E-state index contributed by atoms with van der Waals surface area (Å²) in [6.07, 6.45) is 0. The Hall–Kier alpha value is -8.22. The van der Waals surface area contributed by atoms with Crippen molar-refractivity contribution < 1.29 is 0 Å². The van der Waals surface area contributed by atoms with Crippen molar-refractivity contribution in [3.63, 3.8) is 0 Å². The molecule has 8 aromatic carbocycles. The van der Waals surface area contributed by atoms with Crippen LogP contribution < -0.4 is 0 Å². The molecule has 0 saturated carbocycles. The molecule has 284 valence electrons. The van der Waals surface area contributed by atoms with Crippen LogP contribution in [0.4, 0.5) is 0 Å². The molecule has 61 heavy (non-hydrogen) atoms. The van der Waals surface area contributed by atoms with E-state index < -0.39 is 5.41 Å². The lowest BCUT2D eigenvalue weighted by Crippen LogP contribution is -2.25. The maximum absolute atomic E-state index is 5.13. The predicted molar refractivity (Wildman–Crippen MR) is 242 cm³/mol. The lowest BCUT2D eigenvalue weighted by molar-refractivity contribution is 0.794. The van der Waals surface area contributed by atoms with Crippen molar-refractivity contribution in [2.24, 2.45) is 0 Å². The monoisotopic (exact) mass is 778 g/mol. The first-order chi connectivity index (χ1) is 30.2. The third kappa shape index (κ3) is 5.57. The summed E-state index contributed by atoms with van der Waals surface area (Å²) < 4.78 is 0. The first kappa shape index (κ1) is 34.8. The van der Waals surface area contributed by atoms with Crippen molar-refractivity contribution in [3.8, 4) is 90.6 Å². The van der Waals surface area contributed by atoms with E-state index in [-0.39, 0.29) is 0 Å². The Balaban J connectivity index is 1.10. The average molecular weight is 779 g/mol. The van der Waals surface area contributed by atoms with E-state index in [0.717, 1.165) is 44.5 Å². The molecule has 6 heteroatoms. The normalized spacial score (nSPS) is 12.7. The van der Waals surface area contributed by atoms with Crippen LogP contribution in [-0.2, 0) is 5.41 Å². The van der Waals surface area contributed by atoms with Gasteiger partial charge in [0, 0.05) is 33.4 Å². The van der Waals surface area contributed by atoms with E-state index in [0.29, 0.717) is 34.9 Å². The molecule has 2 aliphatic rings. The van der Waals surface area contributed by atoms with Crippen molar-refractivity contribution in [1.29, 1.82) is 0 Å². The molecule has 12 rings (SSSR count). The fraction of sp³-hybridized carbons (Fsp3) is 0.0182. The van der Waals surface area contributed by atoms with Gasteiger partial charge in [-0.15, -0.1) is 0 Å². The van der Waals surface area contributed by atoms with Crippen LogP contribution in [0.2, 0.25) is 0 Å². The van der Waals surface area contributed by atoms with Gasteiger partial charge in [-0.1, -0.05) is 194 Å². The first-order valence-corrected chi connectivity index (χ1v) is 20.5. The minimum absolute atomic E-state index is 0.540. The summed E-state index contributed by atoms with van der Waals surface area (Å²) >= 11 is 0. The van der Waals surface area contributed by atoms with Gasteiger partial charge < -0.3 is 0 Å². The number of aromatic nitrogens is 6. The zero-order valence-corrected chi connectivity index (χ0v) is 32.8. The smallest absolute Gasteiger partial charge is 0.164 e. The molecule has 0 unspecified atom stereocenters. The summed E-state index contributed by atoms with van der Waals surface area (Å²) in [5.41, 5.74) is 14.7. The molecule has 0 N–H and O–H groups in total. The van der Waals surface area contributed by atoms with E-state index in [2.05, 4.69) is 84.9 Å². The second-order valence-corrected chi connectivity index (χ2v) is 15.4. The highest BCUT2D eigenvalue weighted by atomic mass is 15.0. The van der Waals surface area contributed by atoms with Crippen LogP contribution in [0.1, 0.15) is 22.3 Å². The molecule has 2 aliphatic carbocycles. The Morgan fingerprint density at radius 3 is 0.803 bits per heavy atom. The SMILES string of the molecule is c1ccc(-c2nc(-c3ccccc3)nc(-c3ccc4c(c3)-c3cc(-c5nc(-c6ccccc6)nc(-c6ccccc6)n5)ccc3C43c4ccccc4-c4ccccc43)n2)cc1. The fourth-order valence-electron chi connectivity index (χ4n) is 9.30. The van der Waals surface area contributed by atoms with Crippen LogP contribution in [0.15, 0.2) is 206 Å². The largest absolute Gasteiger partial charge is 0.208 e. The number of fused-ring (bicyclic) bond motifs is 10. The van der Waals surface area contributed by atoms with Gasteiger partial charge in [0.25, 0.3) is 0 Å². The standard InChI is InChI=1S/C55H34N6/c1-5-17-35(18-6-1)49-56-50(36-19-7-2-8-20-36)59-53(58-49)39-29-31-47-43(33-39)44-34-40(30-32-48(44)55(47)45-27-15-13-25-41(45)42-26-14-16-28-46(42)55)54-60-51(37-21-9-3-10-22-37)57-52(61-54)38-23-11-4-12-24-38/h1-34H. The van der Waals surface area contributed by atoms with Gasteiger partial charge in [-0.05, 0) is 56.6 Å². The highest BCUT2D eigenvalue weighted by Crippen LogP contribution is 2.63. The number of rotatable bonds is 6. The molecule has 2 aromatic heterocycles. The molecule has 0 saturated heterocycles. The van der Waals surface area contributed by atoms with Crippen molar-refractivity contribution in [2.45, 2.75) is 5.41 Å². The van der Waals surface area contributed by atoms with Crippen LogP contribution >= 0.6 is 0 Å². The number of hydrogen-bond acceptors (Lipinski definition) is 6. The molecule has 10 aromatic rings. The van der Waals surface area contributed by atoms with Gasteiger partial charge in [0.15, 0.2) is 34.9 Å². The van der Waals surface area contributed by atoms with Gasteiger partial charge in [-0.3, -0.25) is 0 Å². The Bertz CT molecular complexity index is 2960. The Morgan fingerprint density at radius 1 is 0.213 bits per heavy atom. The van der Waals surface area contributed by atoms with Crippen LogP contribution in [0.5, 0.6) is 0 Å². The van der Waals surface area contributed by atoms with Crippen LogP contribution in [0.3, 0.4) is 0 Å². The molecule has 0 bridgehead atoms. The average Bonchev–Trinajstić information content (AvgIpc) is 3.81. The molecule has 0 amide bonds. The summed E-state index contributed by atoms with van der Waals surface area (Å²) in [6, 6.07) is 71.7. The molecule has 0 fully saturated rings. The zero-order valence-electron chi connectivity index (χ0n) is 32.8. The Morgan fingerprint density at radius 2 is 0.475 bits per heavy atom. The third-order valence-electron chi connectivity index (χ3n) is 12.0. The quantitative estimate of drug-likeness (QED) is 0.167. The summed E-state index contributed by atoms with van der Waals surface area (Å²) in [6.45, 7) is 0. The third-order valence-corrected chi connectivity index (χ3v) is 12.0. The van der Waals surface area contributed by atoms with Gasteiger partial charge in [0.2, 0.25) is 0 Å². The first-order valence-electron chi connectivity index (χ1n) is 20.5. The minimum Gasteiger partial charge on any atom is -0.208 e. The van der Waals surface area contributed by atoms with Crippen molar-refractivity contribution in [2.75, 3.05) is 0 Å². The van der Waals surface area contributed by atoms with E-state index >= 15 is 0 Å². The van der Waals surface area contributed by atoms with Gasteiger partial charge in [-0.25, -0.2) is 29.9 Å². The van der Waals surface area contributed by atoms with Crippen molar-refractivity contribution in [1.82, 2.24) is 29.9 Å². The van der Waals surface area contributed by atoms with E-state index in [1.807, 2.05) is 121 Å². The van der Waals surface area contributed by atoms with Gasteiger partial charge in [0.05, 0.1) is 5.41 Å². The molecule has 2 heterocycles. The maximum Gasteiger partial charge on any atom is 0.164 e. The molecule has 0 radical (unpaired) electrons. The maximum atomic E-state index is 5.13. The van der Waals surface area contributed by atoms with Gasteiger partial charge in [0.1, 0.15) is 0 Å². The summed E-state index contributed by atoms with van der Waals surface area (Å²) in [4.78, 5) is 30.5. The Kier molecular flexibility index (Phi) is 7.96. The molecule has 6 nitrogen and oxygen atoms in total. The number of hydrogen-bond donors (Lipinski definition) is 0. The number of nitrogens with zero attached hydrogens (tertiary/aromatic N) is 6. The van der Waals surface area contributed by atoms with E-state index in [9.17, 15) is 0 Å². The highest BCUT2D eigenvalue weighted by Gasteiger charge is 2.51. The molecule has 1 spiro atoms. The van der Waals surface area contributed by atoms with E-state index in [4.69, 9.17) is 29.9 Å². The van der Waals surface area contributed by atoms with Crippen LogP contribution in [-0.4, -0.2) is 29.9 Å². The topological polar surface area (TPSA) is 77.3 Å². The Labute approximate surface area is 353 Å².